The smallest absolute Gasteiger partial charge is 0.253 e. The minimum atomic E-state index is 0.154. The quantitative estimate of drug-likeness (QED) is 0.588. The Kier molecular flexibility index (Phi) is 7.00. The fourth-order valence-electron chi connectivity index (χ4n) is 5.65. The molecule has 0 unspecified atom stereocenters. The molecule has 2 atom stereocenters. The molecule has 2 aliphatic rings. The summed E-state index contributed by atoms with van der Waals surface area (Å²) in [5.74, 6) is 1.73. The number of aromatic amines is 1. The standard InChI is InChI=1S/C27H36N8O/c1-5-22-16-34(26-20(4)31-24(14-28-26)25-29-17-30-32-25)19(3)15-35(22)23-10-12-33(13-11-23)27(36)21-8-6-18(2)7-9-21/h6-9,14,17,19,22-23H,5,10-13,15-16H2,1-4H3,(H,29,30,32)/t19-,22+/m1/s1. The lowest BCUT2D eigenvalue weighted by molar-refractivity contribution is 0.0434. The van der Waals surface area contributed by atoms with Crippen molar-refractivity contribution in [1.82, 2.24) is 34.9 Å². The maximum Gasteiger partial charge on any atom is 0.253 e. The van der Waals surface area contributed by atoms with Crippen molar-refractivity contribution in [1.29, 1.82) is 0 Å². The molecule has 0 radical (unpaired) electrons. The number of amides is 1. The molecule has 3 aromatic rings. The molecule has 36 heavy (non-hydrogen) atoms. The normalized spacial score (nSPS) is 21.7. The van der Waals surface area contributed by atoms with Crippen LogP contribution in [0.4, 0.5) is 5.82 Å². The molecule has 9 heteroatoms. The van der Waals surface area contributed by atoms with Gasteiger partial charge in [-0.2, -0.15) is 5.10 Å². The lowest BCUT2D eigenvalue weighted by Crippen LogP contribution is -2.62. The van der Waals surface area contributed by atoms with Crippen LogP contribution in [0.5, 0.6) is 0 Å². The van der Waals surface area contributed by atoms with Crippen molar-refractivity contribution in [2.45, 2.75) is 65.1 Å². The van der Waals surface area contributed by atoms with Crippen molar-refractivity contribution < 1.29 is 4.79 Å². The van der Waals surface area contributed by atoms with Crippen LogP contribution in [0.2, 0.25) is 0 Å². The Morgan fingerprint density at radius 1 is 1.08 bits per heavy atom. The number of hydrogen-bond donors (Lipinski definition) is 1. The van der Waals surface area contributed by atoms with Gasteiger partial charge in [0.15, 0.2) is 5.82 Å². The molecule has 190 valence electrons. The van der Waals surface area contributed by atoms with Gasteiger partial charge < -0.3 is 9.80 Å². The van der Waals surface area contributed by atoms with Crippen LogP contribution in [0.1, 0.15) is 54.7 Å². The zero-order valence-electron chi connectivity index (χ0n) is 21.7. The largest absolute Gasteiger partial charge is 0.350 e. The molecular weight excluding hydrogens is 452 g/mol. The van der Waals surface area contributed by atoms with Crippen molar-refractivity contribution in [3.63, 3.8) is 0 Å². The average molecular weight is 489 g/mol. The van der Waals surface area contributed by atoms with Crippen LogP contribution in [0, 0.1) is 13.8 Å². The molecule has 0 bridgehead atoms. The number of aromatic nitrogens is 5. The Bertz CT molecular complexity index is 1170. The molecule has 0 aliphatic carbocycles. The second-order valence-electron chi connectivity index (χ2n) is 10.1. The summed E-state index contributed by atoms with van der Waals surface area (Å²) < 4.78 is 0. The minimum absolute atomic E-state index is 0.154. The summed E-state index contributed by atoms with van der Waals surface area (Å²) in [4.78, 5) is 33.8. The number of carbonyl (C=O) groups is 1. The predicted octanol–water partition coefficient (Wildman–Crippen LogP) is 3.47. The van der Waals surface area contributed by atoms with E-state index in [-0.39, 0.29) is 5.91 Å². The van der Waals surface area contributed by atoms with Crippen LogP contribution in [0.3, 0.4) is 0 Å². The number of likely N-dealkylation sites (tertiary alicyclic amines) is 1. The van der Waals surface area contributed by atoms with E-state index in [0.29, 0.717) is 29.6 Å². The van der Waals surface area contributed by atoms with Gasteiger partial charge in [-0.25, -0.2) is 15.0 Å². The summed E-state index contributed by atoms with van der Waals surface area (Å²) >= 11 is 0. The van der Waals surface area contributed by atoms with E-state index in [9.17, 15) is 4.79 Å². The van der Waals surface area contributed by atoms with E-state index in [1.807, 2.05) is 43.0 Å². The first-order chi connectivity index (χ1) is 17.4. The summed E-state index contributed by atoms with van der Waals surface area (Å²) in [7, 11) is 0. The monoisotopic (exact) mass is 488 g/mol. The lowest BCUT2D eigenvalue weighted by atomic mass is 9.95. The van der Waals surface area contributed by atoms with Crippen LogP contribution in [0.25, 0.3) is 11.5 Å². The molecule has 1 amide bonds. The van der Waals surface area contributed by atoms with Gasteiger partial charge in [-0.05, 0) is 52.2 Å². The van der Waals surface area contributed by atoms with Crippen molar-refractivity contribution in [2.75, 3.05) is 31.1 Å². The van der Waals surface area contributed by atoms with Gasteiger partial charge >= 0.3 is 0 Å². The highest BCUT2D eigenvalue weighted by atomic mass is 16.2. The topological polar surface area (TPSA) is 94.1 Å². The number of piperazine rings is 1. The number of hydrogen-bond acceptors (Lipinski definition) is 7. The predicted molar refractivity (Wildman–Crippen MR) is 140 cm³/mol. The Balaban J connectivity index is 1.24. The van der Waals surface area contributed by atoms with E-state index in [1.54, 1.807) is 6.20 Å². The summed E-state index contributed by atoms with van der Waals surface area (Å²) in [6, 6.07) is 9.19. The second-order valence-corrected chi connectivity index (χ2v) is 10.1. The van der Waals surface area contributed by atoms with Crippen LogP contribution >= 0.6 is 0 Å². The maximum absolute atomic E-state index is 13.0. The third-order valence-corrected chi connectivity index (χ3v) is 7.72. The molecule has 0 saturated carbocycles. The number of rotatable bonds is 5. The van der Waals surface area contributed by atoms with Crippen LogP contribution in [0.15, 0.2) is 36.8 Å². The number of H-pyrrole nitrogens is 1. The van der Waals surface area contributed by atoms with Crippen molar-refractivity contribution in [2.24, 2.45) is 0 Å². The van der Waals surface area contributed by atoms with Gasteiger partial charge in [0.05, 0.1) is 11.9 Å². The van der Waals surface area contributed by atoms with E-state index < -0.39 is 0 Å². The number of nitrogens with zero attached hydrogens (tertiary/aromatic N) is 7. The molecular formula is C27H36N8O. The van der Waals surface area contributed by atoms with Crippen molar-refractivity contribution >= 4 is 11.7 Å². The van der Waals surface area contributed by atoms with Gasteiger partial charge in [0.25, 0.3) is 5.91 Å². The molecule has 2 aromatic heterocycles. The Labute approximate surface area is 213 Å². The summed E-state index contributed by atoms with van der Waals surface area (Å²) in [6.45, 7) is 12.2. The molecule has 2 saturated heterocycles. The molecule has 1 aromatic carbocycles. The highest BCUT2D eigenvalue weighted by Crippen LogP contribution is 2.30. The van der Waals surface area contributed by atoms with Gasteiger partial charge in [-0.3, -0.25) is 14.8 Å². The minimum Gasteiger partial charge on any atom is -0.350 e. The van der Waals surface area contributed by atoms with Gasteiger partial charge in [0, 0.05) is 49.9 Å². The first kappa shape index (κ1) is 24.4. The van der Waals surface area contributed by atoms with Gasteiger partial charge in [-0.15, -0.1) is 0 Å². The summed E-state index contributed by atoms with van der Waals surface area (Å²) in [5, 5.41) is 6.78. The fraction of sp³-hybridized carbons (Fsp3) is 0.519. The highest BCUT2D eigenvalue weighted by molar-refractivity contribution is 5.94. The maximum atomic E-state index is 13.0. The van der Waals surface area contributed by atoms with E-state index in [1.165, 1.54) is 11.9 Å². The average Bonchev–Trinajstić information content (AvgIpc) is 3.44. The van der Waals surface area contributed by atoms with E-state index >= 15 is 0 Å². The number of carbonyl (C=O) groups excluding carboxylic acids is 1. The summed E-state index contributed by atoms with van der Waals surface area (Å²) in [6.07, 6.45) is 6.38. The lowest BCUT2D eigenvalue weighted by Gasteiger charge is -2.50. The molecule has 0 spiro atoms. The highest BCUT2D eigenvalue weighted by Gasteiger charge is 2.37. The van der Waals surface area contributed by atoms with E-state index in [4.69, 9.17) is 9.97 Å². The van der Waals surface area contributed by atoms with Crippen LogP contribution in [-0.4, -0.2) is 85.2 Å². The van der Waals surface area contributed by atoms with Crippen LogP contribution in [-0.2, 0) is 0 Å². The molecule has 2 fully saturated rings. The SMILES string of the molecule is CC[C@H]1CN(c2ncc(-c3ncn[nH]3)nc2C)[C@H](C)CN1C1CCN(C(=O)c2ccc(C)cc2)CC1. The molecule has 4 heterocycles. The Morgan fingerprint density at radius 2 is 1.83 bits per heavy atom. The van der Waals surface area contributed by atoms with Crippen molar-refractivity contribution in [3.8, 4) is 11.5 Å². The molecule has 5 rings (SSSR count). The Hall–Kier alpha value is -3.33. The number of nitrogens with one attached hydrogen (secondary N) is 1. The fourth-order valence-corrected chi connectivity index (χ4v) is 5.65. The first-order valence-corrected chi connectivity index (χ1v) is 13.0. The molecule has 2 aliphatic heterocycles. The Morgan fingerprint density at radius 3 is 2.47 bits per heavy atom. The van der Waals surface area contributed by atoms with Crippen molar-refractivity contribution in [3.05, 3.63) is 53.6 Å². The molecule has 9 nitrogen and oxygen atoms in total. The van der Waals surface area contributed by atoms with Gasteiger partial charge in [0.2, 0.25) is 0 Å². The van der Waals surface area contributed by atoms with E-state index in [2.05, 4.69) is 38.8 Å². The second kappa shape index (κ2) is 10.3. The number of aryl methyl sites for hydroxylation is 2. The van der Waals surface area contributed by atoms with E-state index in [0.717, 1.165) is 62.5 Å². The summed E-state index contributed by atoms with van der Waals surface area (Å²) in [5.41, 5.74) is 3.58. The van der Waals surface area contributed by atoms with Crippen LogP contribution < -0.4 is 4.90 Å². The zero-order chi connectivity index (χ0) is 25.2. The number of benzene rings is 1. The van der Waals surface area contributed by atoms with Gasteiger partial charge in [0.1, 0.15) is 17.8 Å². The number of anilines is 1. The third kappa shape index (κ3) is 4.84. The zero-order valence-corrected chi connectivity index (χ0v) is 21.7. The number of piperidine rings is 1. The van der Waals surface area contributed by atoms with Gasteiger partial charge in [-0.1, -0.05) is 24.6 Å². The third-order valence-electron chi connectivity index (χ3n) is 7.72. The first-order valence-electron chi connectivity index (χ1n) is 13.0. The molecule has 1 N–H and O–H groups in total.